The van der Waals surface area contributed by atoms with Crippen LogP contribution in [0.4, 0.5) is 5.69 Å². The molecule has 150 valence electrons. The van der Waals surface area contributed by atoms with Crippen LogP contribution in [0.25, 0.3) is 0 Å². The number of hydrogen-bond donors (Lipinski definition) is 2. The Bertz CT molecular complexity index is 1030. The van der Waals surface area contributed by atoms with Crippen LogP contribution >= 0.6 is 11.6 Å². The van der Waals surface area contributed by atoms with Gasteiger partial charge in [0.2, 0.25) is 10.0 Å². The lowest BCUT2D eigenvalue weighted by atomic mass is 10.1. The number of benzene rings is 1. The molecule has 2 aliphatic rings. The average molecular weight is 427 g/mol. The number of carbonyl (C=O) groups excluding carboxylic acids is 1. The summed E-state index contributed by atoms with van der Waals surface area (Å²) in [6.45, 7) is 4.16. The minimum atomic E-state index is -3.96. The van der Waals surface area contributed by atoms with Gasteiger partial charge in [-0.1, -0.05) is 11.6 Å². The first-order valence-corrected chi connectivity index (χ1v) is 10.5. The van der Waals surface area contributed by atoms with E-state index in [2.05, 4.69) is 15.5 Å². The maximum absolute atomic E-state index is 13.5. The lowest BCUT2D eigenvalue weighted by molar-refractivity contribution is -0.118. The number of aryl methyl sites for hydroxylation is 2. The molecule has 0 aliphatic carbocycles. The number of rotatable bonds is 3. The number of amides is 1. The highest BCUT2D eigenvalue weighted by atomic mass is 35.5. The van der Waals surface area contributed by atoms with Gasteiger partial charge in [-0.05, 0) is 19.9 Å². The molecular formula is C17H19ClN4O5S. The molecule has 3 heterocycles. The minimum absolute atomic E-state index is 0.00966. The zero-order valence-corrected chi connectivity index (χ0v) is 16.9. The number of aromatic amines is 1. The van der Waals surface area contributed by atoms with Crippen molar-refractivity contribution >= 4 is 33.2 Å². The van der Waals surface area contributed by atoms with Crippen molar-refractivity contribution in [2.75, 3.05) is 31.7 Å². The van der Waals surface area contributed by atoms with Crippen molar-refractivity contribution in [1.82, 2.24) is 14.5 Å². The number of anilines is 1. The first-order valence-electron chi connectivity index (χ1n) is 8.66. The largest absolute Gasteiger partial charge is 0.482 e. The molecule has 1 aromatic carbocycles. The maximum atomic E-state index is 13.5. The number of carbonyl (C=O) groups is 1. The number of halogens is 1. The second kappa shape index (κ2) is 7.03. The third-order valence-corrected chi connectivity index (χ3v) is 7.22. The molecule has 1 fully saturated rings. The van der Waals surface area contributed by atoms with E-state index in [-0.39, 0.29) is 47.9 Å². The topological polar surface area (TPSA) is 114 Å². The zero-order chi connectivity index (χ0) is 20.1. The minimum Gasteiger partial charge on any atom is -0.482 e. The number of sulfonamides is 1. The second-order valence-corrected chi connectivity index (χ2v) is 8.94. The first-order chi connectivity index (χ1) is 13.3. The van der Waals surface area contributed by atoms with E-state index in [0.717, 1.165) is 17.0 Å². The lowest BCUT2D eigenvalue weighted by Crippen LogP contribution is -2.43. The Kier molecular flexibility index (Phi) is 4.82. The number of H-pyrrole nitrogens is 1. The third-order valence-electron chi connectivity index (χ3n) is 4.85. The van der Waals surface area contributed by atoms with Crippen molar-refractivity contribution in [3.8, 4) is 5.75 Å². The van der Waals surface area contributed by atoms with E-state index in [4.69, 9.17) is 21.1 Å². The Morgan fingerprint density at radius 3 is 2.82 bits per heavy atom. The fraction of sp³-hybridized carbons (Fsp3) is 0.412. The van der Waals surface area contributed by atoms with Gasteiger partial charge in [0.1, 0.15) is 10.6 Å². The molecule has 2 aromatic rings. The number of nitrogens with one attached hydrogen (secondary N) is 2. The van der Waals surface area contributed by atoms with Crippen molar-refractivity contribution < 1.29 is 22.7 Å². The number of ether oxygens (including phenoxy) is 2. The fourth-order valence-corrected chi connectivity index (χ4v) is 5.65. The molecule has 0 unspecified atom stereocenters. The van der Waals surface area contributed by atoms with E-state index in [9.17, 15) is 13.2 Å². The molecule has 0 radical (unpaired) electrons. The van der Waals surface area contributed by atoms with Crippen LogP contribution in [0.1, 0.15) is 23.0 Å². The Balaban J connectivity index is 1.78. The highest BCUT2D eigenvalue weighted by molar-refractivity contribution is 7.89. The van der Waals surface area contributed by atoms with E-state index in [1.165, 1.54) is 16.4 Å². The number of hydrogen-bond acceptors (Lipinski definition) is 6. The normalized spacial score (nSPS) is 20.4. The van der Waals surface area contributed by atoms with Crippen LogP contribution in [0.5, 0.6) is 5.75 Å². The van der Waals surface area contributed by atoms with E-state index >= 15 is 0 Å². The third kappa shape index (κ3) is 3.16. The van der Waals surface area contributed by atoms with Gasteiger partial charge >= 0.3 is 0 Å². The van der Waals surface area contributed by atoms with Crippen LogP contribution in [0.15, 0.2) is 17.0 Å². The van der Waals surface area contributed by atoms with Crippen LogP contribution in [-0.4, -0.2) is 55.2 Å². The highest BCUT2D eigenvalue weighted by Crippen LogP contribution is 2.39. The van der Waals surface area contributed by atoms with Gasteiger partial charge in [0.25, 0.3) is 5.91 Å². The first kappa shape index (κ1) is 19.2. The van der Waals surface area contributed by atoms with E-state index < -0.39 is 16.1 Å². The molecule has 0 bridgehead atoms. The number of morpholine rings is 1. The SMILES string of the molecule is Cc1n[nH]c(C)c1[C@H]1COCCN1S(=O)(=O)c1cc2c(cc1Cl)NC(=O)CO2. The van der Waals surface area contributed by atoms with Gasteiger partial charge < -0.3 is 14.8 Å². The van der Waals surface area contributed by atoms with Gasteiger partial charge in [-0.15, -0.1) is 0 Å². The van der Waals surface area contributed by atoms with Gasteiger partial charge in [-0.3, -0.25) is 9.89 Å². The summed E-state index contributed by atoms with van der Waals surface area (Å²) < 4.78 is 39.3. The summed E-state index contributed by atoms with van der Waals surface area (Å²) in [6, 6.07) is 2.23. The summed E-state index contributed by atoms with van der Waals surface area (Å²) >= 11 is 6.29. The van der Waals surface area contributed by atoms with Gasteiger partial charge in [0.05, 0.1) is 35.7 Å². The Morgan fingerprint density at radius 1 is 1.32 bits per heavy atom. The molecule has 0 saturated carbocycles. The molecule has 9 nitrogen and oxygen atoms in total. The molecular weight excluding hydrogens is 408 g/mol. The standard InChI is InChI=1S/C17H19ClN4O5S/c1-9-17(10(2)21-20-9)13-7-26-4-3-22(13)28(24,25)15-6-14-12(5-11(15)18)19-16(23)8-27-14/h5-6,13H,3-4,7-8H2,1-2H3,(H,19,23)(H,20,21)/t13-/m1/s1. The number of fused-ring (bicyclic) bond motifs is 1. The predicted octanol–water partition coefficient (Wildman–Crippen LogP) is 1.77. The van der Waals surface area contributed by atoms with Crippen molar-refractivity contribution in [1.29, 1.82) is 0 Å². The lowest BCUT2D eigenvalue weighted by Gasteiger charge is -2.35. The van der Waals surface area contributed by atoms with Crippen LogP contribution in [0.3, 0.4) is 0 Å². The van der Waals surface area contributed by atoms with Crippen LogP contribution in [0.2, 0.25) is 5.02 Å². The summed E-state index contributed by atoms with van der Waals surface area (Å²) in [4.78, 5) is 11.4. The smallest absolute Gasteiger partial charge is 0.262 e. The zero-order valence-electron chi connectivity index (χ0n) is 15.3. The van der Waals surface area contributed by atoms with Crippen molar-refractivity contribution in [3.63, 3.8) is 0 Å². The molecule has 1 saturated heterocycles. The monoisotopic (exact) mass is 426 g/mol. The van der Waals surface area contributed by atoms with Crippen LogP contribution < -0.4 is 10.1 Å². The summed E-state index contributed by atoms with van der Waals surface area (Å²) in [7, 11) is -3.96. The second-order valence-electron chi connectivity index (χ2n) is 6.67. The van der Waals surface area contributed by atoms with Crippen molar-refractivity contribution in [3.05, 3.63) is 34.1 Å². The Morgan fingerprint density at radius 2 is 2.11 bits per heavy atom. The maximum Gasteiger partial charge on any atom is 0.262 e. The number of nitrogens with zero attached hydrogens (tertiary/aromatic N) is 2. The van der Waals surface area contributed by atoms with Gasteiger partial charge in [0.15, 0.2) is 6.61 Å². The van der Waals surface area contributed by atoms with Crippen molar-refractivity contribution in [2.24, 2.45) is 0 Å². The summed E-state index contributed by atoms with van der Waals surface area (Å²) in [5, 5.41) is 9.69. The Hall–Kier alpha value is -2.14. The van der Waals surface area contributed by atoms with Gasteiger partial charge in [-0.2, -0.15) is 9.40 Å². The summed E-state index contributed by atoms with van der Waals surface area (Å²) in [5.41, 5.74) is 2.65. The highest BCUT2D eigenvalue weighted by Gasteiger charge is 2.39. The van der Waals surface area contributed by atoms with Crippen LogP contribution in [0, 0.1) is 13.8 Å². The molecule has 11 heteroatoms. The molecule has 2 N–H and O–H groups in total. The van der Waals surface area contributed by atoms with Gasteiger partial charge in [0, 0.05) is 23.9 Å². The van der Waals surface area contributed by atoms with Gasteiger partial charge in [-0.25, -0.2) is 8.42 Å². The molecule has 1 amide bonds. The molecule has 1 atom stereocenters. The molecule has 1 aromatic heterocycles. The van der Waals surface area contributed by atoms with E-state index in [1.807, 2.05) is 13.8 Å². The fourth-order valence-electron chi connectivity index (χ4n) is 3.56. The van der Waals surface area contributed by atoms with E-state index in [1.54, 1.807) is 0 Å². The molecule has 0 spiro atoms. The van der Waals surface area contributed by atoms with Crippen LogP contribution in [-0.2, 0) is 19.6 Å². The predicted molar refractivity (Wildman–Crippen MR) is 101 cm³/mol. The molecule has 2 aliphatic heterocycles. The van der Waals surface area contributed by atoms with E-state index in [0.29, 0.717) is 5.69 Å². The molecule has 4 rings (SSSR count). The summed E-state index contributed by atoms with van der Waals surface area (Å²) in [6.07, 6.45) is 0. The Labute approximate surface area is 167 Å². The molecule has 28 heavy (non-hydrogen) atoms. The number of aromatic nitrogens is 2. The average Bonchev–Trinajstić information content (AvgIpc) is 2.99. The quantitative estimate of drug-likeness (QED) is 0.773. The van der Waals surface area contributed by atoms with Crippen molar-refractivity contribution in [2.45, 2.75) is 24.8 Å². The summed E-state index contributed by atoms with van der Waals surface area (Å²) in [5.74, 6) is -0.0543.